The molecule has 0 aromatic heterocycles. The summed E-state index contributed by atoms with van der Waals surface area (Å²) in [5.74, 6) is 2.25. The molecule has 2 aliphatic heterocycles. The minimum absolute atomic E-state index is 0.513. The van der Waals surface area contributed by atoms with Crippen molar-refractivity contribution in [2.45, 2.75) is 38.6 Å². The Balaban J connectivity index is 1.71. The van der Waals surface area contributed by atoms with E-state index in [0.29, 0.717) is 17.9 Å². The Hall–Kier alpha value is -1.06. The van der Waals surface area contributed by atoms with Crippen LogP contribution in [0, 0.1) is 11.8 Å². The van der Waals surface area contributed by atoms with Crippen LogP contribution >= 0.6 is 0 Å². The molecule has 3 atom stereocenters. The number of rotatable bonds is 5. The van der Waals surface area contributed by atoms with Crippen LogP contribution in [0.1, 0.15) is 31.7 Å². The van der Waals surface area contributed by atoms with E-state index in [4.69, 9.17) is 9.47 Å². The first kappa shape index (κ1) is 14.9. The molecule has 3 nitrogen and oxygen atoms in total. The topological polar surface area (TPSA) is 30.5 Å². The van der Waals surface area contributed by atoms with Gasteiger partial charge in [0, 0.05) is 18.6 Å². The van der Waals surface area contributed by atoms with E-state index in [2.05, 4.69) is 36.5 Å². The van der Waals surface area contributed by atoms with Crippen LogP contribution in [0.25, 0.3) is 0 Å². The lowest BCUT2D eigenvalue weighted by Crippen LogP contribution is -2.49. The Bertz CT molecular complexity index is 443. The molecule has 0 radical (unpaired) electrons. The molecule has 2 heterocycles. The average molecular weight is 289 g/mol. The van der Waals surface area contributed by atoms with Gasteiger partial charge in [-0.3, -0.25) is 0 Å². The fourth-order valence-corrected chi connectivity index (χ4v) is 3.66. The molecule has 1 N–H and O–H groups in total. The van der Waals surface area contributed by atoms with Crippen LogP contribution in [0.2, 0.25) is 0 Å². The summed E-state index contributed by atoms with van der Waals surface area (Å²) in [6.07, 6.45) is 4.76. The van der Waals surface area contributed by atoms with Crippen LogP contribution in [0.4, 0.5) is 0 Å². The number of benzene rings is 1. The van der Waals surface area contributed by atoms with Gasteiger partial charge >= 0.3 is 0 Å². The van der Waals surface area contributed by atoms with E-state index >= 15 is 0 Å². The van der Waals surface area contributed by atoms with Crippen LogP contribution in [-0.2, 0) is 11.2 Å². The summed E-state index contributed by atoms with van der Waals surface area (Å²) in [5.41, 5.74) is 1.36. The summed E-state index contributed by atoms with van der Waals surface area (Å²) in [5, 5.41) is 3.78. The molecule has 1 saturated heterocycles. The van der Waals surface area contributed by atoms with E-state index in [9.17, 15) is 0 Å². The normalized spacial score (nSPS) is 26.7. The van der Waals surface area contributed by atoms with Crippen molar-refractivity contribution in [3.05, 3.63) is 29.8 Å². The van der Waals surface area contributed by atoms with Crippen LogP contribution < -0.4 is 10.1 Å². The van der Waals surface area contributed by atoms with Gasteiger partial charge < -0.3 is 14.8 Å². The van der Waals surface area contributed by atoms with Crippen molar-refractivity contribution < 1.29 is 9.47 Å². The second-order valence-electron chi connectivity index (χ2n) is 6.34. The molecule has 3 rings (SSSR count). The van der Waals surface area contributed by atoms with Gasteiger partial charge in [-0.15, -0.1) is 0 Å². The number of hydrogen-bond donors (Lipinski definition) is 1. The predicted octanol–water partition coefficient (Wildman–Crippen LogP) is 3.03. The summed E-state index contributed by atoms with van der Waals surface area (Å²) in [6, 6.07) is 8.97. The van der Waals surface area contributed by atoms with Crippen LogP contribution in [0.5, 0.6) is 5.75 Å². The quantitative estimate of drug-likeness (QED) is 0.904. The molecular formula is C18H27NO2. The molecule has 1 aromatic rings. The Labute approximate surface area is 128 Å². The second-order valence-corrected chi connectivity index (χ2v) is 6.34. The highest BCUT2D eigenvalue weighted by molar-refractivity contribution is 5.35. The number of hydrogen-bond acceptors (Lipinski definition) is 3. The van der Waals surface area contributed by atoms with Crippen molar-refractivity contribution in [2.24, 2.45) is 11.8 Å². The van der Waals surface area contributed by atoms with Crippen LogP contribution in [0.3, 0.4) is 0 Å². The van der Waals surface area contributed by atoms with Crippen LogP contribution in [0.15, 0.2) is 24.3 Å². The molecular weight excluding hydrogens is 262 g/mol. The lowest BCUT2D eigenvalue weighted by atomic mass is 9.81. The highest BCUT2D eigenvalue weighted by atomic mass is 16.5. The van der Waals surface area contributed by atoms with Crippen molar-refractivity contribution in [1.82, 2.24) is 5.32 Å². The standard InChI is InChI=1S/C18H27NO2/c1-2-9-19-18(15-7-5-10-20-12-15)16-11-14-6-3-4-8-17(14)21-13-16/h3-4,6,8,15-16,18-19H,2,5,7,9-13H2,1H3. The molecule has 3 heteroatoms. The maximum atomic E-state index is 6.01. The Kier molecular flexibility index (Phi) is 5.15. The third-order valence-corrected chi connectivity index (χ3v) is 4.75. The maximum Gasteiger partial charge on any atom is 0.122 e. The van der Waals surface area contributed by atoms with Crippen molar-refractivity contribution in [3.63, 3.8) is 0 Å². The monoisotopic (exact) mass is 289 g/mol. The van der Waals surface area contributed by atoms with E-state index in [1.54, 1.807) is 0 Å². The van der Waals surface area contributed by atoms with Crippen molar-refractivity contribution >= 4 is 0 Å². The van der Waals surface area contributed by atoms with E-state index in [-0.39, 0.29) is 0 Å². The first-order valence-corrected chi connectivity index (χ1v) is 8.40. The van der Waals surface area contributed by atoms with Gasteiger partial charge in [-0.1, -0.05) is 25.1 Å². The zero-order valence-electron chi connectivity index (χ0n) is 13.0. The molecule has 0 amide bonds. The second kappa shape index (κ2) is 7.28. The molecule has 0 spiro atoms. The van der Waals surface area contributed by atoms with Gasteiger partial charge in [0.15, 0.2) is 0 Å². The van der Waals surface area contributed by atoms with Gasteiger partial charge in [0.25, 0.3) is 0 Å². The number of fused-ring (bicyclic) bond motifs is 1. The SMILES string of the molecule is CCCNC(C1CCCOC1)C1COc2ccccc2C1. The molecule has 1 fully saturated rings. The van der Waals surface area contributed by atoms with Gasteiger partial charge in [-0.25, -0.2) is 0 Å². The summed E-state index contributed by atoms with van der Waals surface area (Å²) >= 11 is 0. The Morgan fingerprint density at radius 1 is 1.24 bits per heavy atom. The average Bonchev–Trinajstić information content (AvgIpc) is 2.56. The summed E-state index contributed by atoms with van der Waals surface area (Å²) < 4.78 is 11.7. The number of para-hydroxylation sites is 1. The summed E-state index contributed by atoms with van der Waals surface area (Å²) in [7, 11) is 0. The smallest absolute Gasteiger partial charge is 0.122 e. The Morgan fingerprint density at radius 3 is 2.95 bits per heavy atom. The lowest BCUT2D eigenvalue weighted by Gasteiger charge is -2.38. The molecule has 0 aliphatic carbocycles. The zero-order valence-corrected chi connectivity index (χ0v) is 13.0. The van der Waals surface area contributed by atoms with Gasteiger partial charge in [0.1, 0.15) is 5.75 Å². The molecule has 2 aliphatic rings. The minimum Gasteiger partial charge on any atom is -0.493 e. The van der Waals surface area contributed by atoms with Gasteiger partial charge in [-0.05, 0) is 49.8 Å². The fourth-order valence-electron chi connectivity index (χ4n) is 3.66. The largest absolute Gasteiger partial charge is 0.493 e. The van der Waals surface area contributed by atoms with Crippen molar-refractivity contribution in [3.8, 4) is 5.75 Å². The molecule has 1 aromatic carbocycles. The van der Waals surface area contributed by atoms with E-state index in [0.717, 1.165) is 38.5 Å². The van der Waals surface area contributed by atoms with Gasteiger partial charge in [-0.2, -0.15) is 0 Å². The summed E-state index contributed by atoms with van der Waals surface area (Å²) in [4.78, 5) is 0. The lowest BCUT2D eigenvalue weighted by molar-refractivity contribution is 0.0209. The number of nitrogens with one attached hydrogen (secondary N) is 1. The fraction of sp³-hybridized carbons (Fsp3) is 0.667. The first-order chi connectivity index (χ1) is 10.4. The zero-order chi connectivity index (χ0) is 14.5. The molecule has 0 saturated carbocycles. The third-order valence-electron chi connectivity index (χ3n) is 4.75. The Morgan fingerprint density at radius 2 is 2.14 bits per heavy atom. The predicted molar refractivity (Wildman–Crippen MR) is 84.8 cm³/mol. The molecule has 3 unspecified atom stereocenters. The third kappa shape index (κ3) is 3.58. The minimum atomic E-state index is 0.513. The van der Waals surface area contributed by atoms with Crippen molar-refractivity contribution in [1.29, 1.82) is 0 Å². The maximum absolute atomic E-state index is 6.01. The van der Waals surface area contributed by atoms with Gasteiger partial charge in [0.05, 0.1) is 13.2 Å². The highest BCUT2D eigenvalue weighted by Gasteiger charge is 2.33. The van der Waals surface area contributed by atoms with E-state index in [1.807, 2.05) is 0 Å². The number of ether oxygens (including phenoxy) is 2. The van der Waals surface area contributed by atoms with Crippen molar-refractivity contribution in [2.75, 3.05) is 26.4 Å². The van der Waals surface area contributed by atoms with Crippen LogP contribution in [-0.4, -0.2) is 32.4 Å². The first-order valence-electron chi connectivity index (χ1n) is 8.40. The molecule has 116 valence electrons. The van der Waals surface area contributed by atoms with E-state index < -0.39 is 0 Å². The highest BCUT2D eigenvalue weighted by Crippen LogP contribution is 2.32. The van der Waals surface area contributed by atoms with E-state index in [1.165, 1.54) is 24.8 Å². The summed E-state index contributed by atoms with van der Waals surface area (Å²) in [6.45, 7) is 5.98. The van der Waals surface area contributed by atoms with Gasteiger partial charge in [0.2, 0.25) is 0 Å². The molecule has 21 heavy (non-hydrogen) atoms. The molecule has 0 bridgehead atoms.